The maximum absolute atomic E-state index is 12.5. The summed E-state index contributed by atoms with van der Waals surface area (Å²) in [5, 5.41) is 0. The summed E-state index contributed by atoms with van der Waals surface area (Å²) in [6, 6.07) is 14.4. The number of carbonyl (C=O) groups excluding carboxylic acids is 1. The Labute approximate surface area is 156 Å². The number of hydrogen-bond donors (Lipinski definition) is 0. The van der Waals surface area contributed by atoms with Crippen LogP contribution in [0.3, 0.4) is 0 Å². The third-order valence-corrected chi connectivity index (χ3v) is 4.95. The zero-order valence-corrected chi connectivity index (χ0v) is 16.0. The Morgan fingerprint density at radius 3 is 2.58 bits per heavy atom. The summed E-state index contributed by atoms with van der Waals surface area (Å²) in [6.45, 7) is 6.92. The molecular weight excluding hydrogens is 324 g/mol. The topological polar surface area (TPSA) is 32.8 Å². The molecule has 1 fully saturated rings. The Morgan fingerprint density at radius 2 is 1.85 bits per heavy atom. The van der Waals surface area contributed by atoms with Gasteiger partial charge >= 0.3 is 0 Å². The van der Waals surface area contributed by atoms with E-state index in [0.29, 0.717) is 6.54 Å². The molecular formula is C22H28N2O2. The number of amides is 1. The average Bonchev–Trinajstić information content (AvgIpc) is 3.15. The van der Waals surface area contributed by atoms with Crippen molar-refractivity contribution in [2.75, 3.05) is 31.6 Å². The molecule has 26 heavy (non-hydrogen) atoms. The fourth-order valence-electron chi connectivity index (χ4n) is 3.47. The van der Waals surface area contributed by atoms with Crippen molar-refractivity contribution in [3.8, 4) is 5.75 Å². The lowest BCUT2D eigenvalue weighted by molar-refractivity contribution is -0.132. The van der Waals surface area contributed by atoms with Crippen molar-refractivity contribution in [3.63, 3.8) is 0 Å². The molecule has 4 heteroatoms. The molecule has 1 aliphatic rings. The molecule has 1 amide bonds. The molecule has 0 aromatic heterocycles. The van der Waals surface area contributed by atoms with E-state index in [4.69, 9.17) is 4.74 Å². The van der Waals surface area contributed by atoms with E-state index in [9.17, 15) is 4.79 Å². The van der Waals surface area contributed by atoms with Crippen molar-refractivity contribution >= 4 is 11.6 Å². The van der Waals surface area contributed by atoms with E-state index >= 15 is 0 Å². The van der Waals surface area contributed by atoms with E-state index < -0.39 is 0 Å². The van der Waals surface area contributed by atoms with Gasteiger partial charge in [0.25, 0.3) is 5.91 Å². The summed E-state index contributed by atoms with van der Waals surface area (Å²) >= 11 is 0. The highest BCUT2D eigenvalue weighted by Gasteiger charge is 2.18. The van der Waals surface area contributed by atoms with Crippen molar-refractivity contribution < 1.29 is 9.53 Å². The zero-order chi connectivity index (χ0) is 18.5. The van der Waals surface area contributed by atoms with Gasteiger partial charge in [-0.1, -0.05) is 35.9 Å². The molecule has 1 heterocycles. The number of rotatable bonds is 6. The van der Waals surface area contributed by atoms with Crippen LogP contribution in [0.25, 0.3) is 0 Å². The largest absolute Gasteiger partial charge is 0.484 e. The van der Waals surface area contributed by atoms with Crippen molar-refractivity contribution in [3.05, 3.63) is 59.2 Å². The summed E-state index contributed by atoms with van der Waals surface area (Å²) in [4.78, 5) is 16.7. The molecule has 2 aromatic rings. The number of likely N-dealkylation sites (N-methyl/N-ethyl adjacent to an activating group) is 1. The maximum Gasteiger partial charge on any atom is 0.260 e. The number of benzene rings is 2. The van der Waals surface area contributed by atoms with Crippen LogP contribution in [0.1, 0.15) is 29.5 Å². The smallest absolute Gasteiger partial charge is 0.260 e. The Morgan fingerprint density at radius 1 is 1.12 bits per heavy atom. The fourth-order valence-corrected chi connectivity index (χ4v) is 3.47. The molecule has 0 radical (unpaired) electrons. The highest BCUT2D eigenvalue weighted by atomic mass is 16.5. The lowest BCUT2D eigenvalue weighted by Crippen LogP contribution is -2.32. The predicted octanol–water partition coefficient (Wildman–Crippen LogP) is 3.94. The molecule has 4 nitrogen and oxygen atoms in total. The Bertz CT molecular complexity index is 766. The van der Waals surface area contributed by atoms with Gasteiger partial charge < -0.3 is 14.5 Å². The number of carbonyl (C=O) groups is 1. The van der Waals surface area contributed by atoms with E-state index in [1.807, 2.05) is 39.1 Å². The summed E-state index contributed by atoms with van der Waals surface area (Å²) in [7, 11) is 1.84. The molecule has 0 spiro atoms. The molecule has 1 aliphatic heterocycles. The Hall–Kier alpha value is -2.49. The fraction of sp³-hybridized carbons (Fsp3) is 0.409. The van der Waals surface area contributed by atoms with Crippen LogP contribution in [-0.2, 0) is 11.3 Å². The monoisotopic (exact) mass is 352 g/mol. The molecule has 0 atom stereocenters. The third-order valence-electron chi connectivity index (χ3n) is 4.95. The molecule has 0 N–H and O–H groups in total. The van der Waals surface area contributed by atoms with Gasteiger partial charge in [0.1, 0.15) is 5.75 Å². The first-order valence-electron chi connectivity index (χ1n) is 9.31. The van der Waals surface area contributed by atoms with Gasteiger partial charge in [0.05, 0.1) is 0 Å². The normalized spacial score (nSPS) is 13.7. The van der Waals surface area contributed by atoms with Gasteiger partial charge in [-0.2, -0.15) is 0 Å². The van der Waals surface area contributed by atoms with Crippen molar-refractivity contribution in [2.24, 2.45) is 0 Å². The highest BCUT2D eigenvalue weighted by molar-refractivity contribution is 5.77. The van der Waals surface area contributed by atoms with Crippen LogP contribution in [0.4, 0.5) is 5.69 Å². The Balaban J connectivity index is 1.61. The van der Waals surface area contributed by atoms with Gasteiger partial charge in [0, 0.05) is 32.4 Å². The van der Waals surface area contributed by atoms with Gasteiger partial charge in [0.2, 0.25) is 0 Å². The summed E-state index contributed by atoms with van der Waals surface area (Å²) in [5.74, 6) is 0.760. The first kappa shape index (κ1) is 18.3. The first-order valence-corrected chi connectivity index (χ1v) is 9.31. The average molecular weight is 352 g/mol. The lowest BCUT2D eigenvalue weighted by Gasteiger charge is -2.24. The van der Waals surface area contributed by atoms with Gasteiger partial charge in [-0.3, -0.25) is 4.79 Å². The summed E-state index contributed by atoms with van der Waals surface area (Å²) in [5.41, 5.74) is 4.69. The van der Waals surface area contributed by atoms with Gasteiger partial charge in [-0.25, -0.2) is 0 Å². The van der Waals surface area contributed by atoms with Crippen LogP contribution >= 0.6 is 0 Å². The van der Waals surface area contributed by atoms with Crippen LogP contribution in [-0.4, -0.2) is 37.6 Å². The number of hydrogen-bond acceptors (Lipinski definition) is 3. The number of nitrogens with zero attached hydrogens (tertiary/aromatic N) is 2. The molecule has 3 rings (SSSR count). The summed E-state index contributed by atoms with van der Waals surface area (Å²) in [6.07, 6.45) is 2.49. The van der Waals surface area contributed by atoms with E-state index in [1.54, 1.807) is 4.90 Å². The molecule has 0 aliphatic carbocycles. The molecule has 2 aromatic carbocycles. The first-order chi connectivity index (χ1) is 12.5. The van der Waals surface area contributed by atoms with E-state index in [-0.39, 0.29) is 12.5 Å². The second kappa shape index (κ2) is 8.26. The van der Waals surface area contributed by atoms with Gasteiger partial charge in [0.15, 0.2) is 6.61 Å². The number of anilines is 1. The van der Waals surface area contributed by atoms with Crippen molar-refractivity contribution in [1.82, 2.24) is 4.90 Å². The second-order valence-electron chi connectivity index (χ2n) is 7.13. The highest BCUT2D eigenvalue weighted by Crippen LogP contribution is 2.25. The minimum absolute atomic E-state index is 0.0128. The van der Waals surface area contributed by atoms with Crippen LogP contribution in [0, 0.1) is 13.8 Å². The Kier molecular flexibility index (Phi) is 5.82. The van der Waals surface area contributed by atoms with Gasteiger partial charge in [-0.05, 0) is 49.9 Å². The SMILES string of the molecule is Cc1ccc(OCC(=O)N(C)Cc2ccccc2N2CCCC2)c(C)c1. The van der Waals surface area contributed by atoms with E-state index in [1.165, 1.54) is 29.7 Å². The van der Waals surface area contributed by atoms with Crippen molar-refractivity contribution in [1.29, 1.82) is 0 Å². The summed E-state index contributed by atoms with van der Waals surface area (Å²) < 4.78 is 5.74. The quantitative estimate of drug-likeness (QED) is 0.789. The number of para-hydroxylation sites is 1. The molecule has 0 bridgehead atoms. The molecule has 138 valence electrons. The molecule has 0 saturated carbocycles. The molecule has 0 unspecified atom stereocenters. The van der Waals surface area contributed by atoms with Gasteiger partial charge in [-0.15, -0.1) is 0 Å². The number of ether oxygens (including phenoxy) is 1. The van der Waals surface area contributed by atoms with E-state index in [0.717, 1.165) is 24.4 Å². The predicted molar refractivity (Wildman–Crippen MR) is 106 cm³/mol. The zero-order valence-electron chi connectivity index (χ0n) is 16.0. The third kappa shape index (κ3) is 4.37. The standard InChI is InChI=1S/C22H28N2O2/c1-17-10-11-21(18(2)14-17)26-16-22(25)23(3)15-19-8-4-5-9-20(19)24-12-6-7-13-24/h4-5,8-11,14H,6-7,12-13,15-16H2,1-3H3. The van der Waals surface area contributed by atoms with Crippen LogP contribution in [0.5, 0.6) is 5.75 Å². The minimum atomic E-state index is -0.0128. The lowest BCUT2D eigenvalue weighted by atomic mass is 10.1. The molecule has 1 saturated heterocycles. The minimum Gasteiger partial charge on any atom is -0.484 e. The maximum atomic E-state index is 12.5. The van der Waals surface area contributed by atoms with E-state index in [2.05, 4.69) is 29.2 Å². The van der Waals surface area contributed by atoms with Crippen molar-refractivity contribution in [2.45, 2.75) is 33.2 Å². The van der Waals surface area contributed by atoms with Crippen LogP contribution in [0.2, 0.25) is 0 Å². The van der Waals surface area contributed by atoms with Crippen LogP contribution in [0.15, 0.2) is 42.5 Å². The second-order valence-corrected chi connectivity index (χ2v) is 7.13. The number of aryl methyl sites for hydroxylation is 2. The van der Waals surface area contributed by atoms with Crippen LogP contribution < -0.4 is 9.64 Å².